The average molecular weight is 282 g/mol. The van der Waals surface area contributed by atoms with Crippen molar-refractivity contribution in [2.75, 3.05) is 19.8 Å². The Morgan fingerprint density at radius 2 is 2.16 bits per heavy atom. The summed E-state index contributed by atoms with van der Waals surface area (Å²) < 4.78 is 5.01. The number of benzene rings is 1. The fraction of sp³-hybridized carbons (Fsp3) is 0.357. The van der Waals surface area contributed by atoms with E-state index in [1.54, 1.807) is 24.3 Å². The Morgan fingerprint density at radius 3 is 2.74 bits per heavy atom. The van der Waals surface area contributed by atoms with Crippen LogP contribution in [0.4, 0.5) is 0 Å². The normalized spacial score (nSPS) is 11.6. The summed E-state index contributed by atoms with van der Waals surface area (Å²) in [4.78, 5) is 11.6. The molecule has 0 saturated carbocycles. The fourth-order valence-corrected chi connectivity index (χ4v) is 1.62. The number of halogens is 1. The highest BCUT2D eigenvalue weighted by atomic mass is 35.5. The molecule has 0 aliphatic rings. The molecule has 0 aromatic heterocycles. The van der Waals surface area contributed by atoms with Crippen molar-refractivity contribution in [1.82, 2.24) is 5.32 Å². The van der Waals surface area contributed by atoms with Crippen molar-refractivity contribution in [3.8, 4) is 12.3 Å². The van der Waals surface area contributed by atoms with Gasteiger partial charge in [-0.25, -0.2) is 0 Å². The number of carbonyl (C=O) groups excluding carboxylic acids is 1. The standard InChI is InChI=1S/C14H16ClNO3/c1-2-8-19-9-7-14(18)16-13(10-17)11-3-5-12(15)6-4-11/h1,3-6,13,17H,7-10H2,(H,16,18). The van der Waals surface area contributed by atoms with Crippen LogP contribution < -0.4 is 5.32 Å². The highest BCUT2D eigenvalue weighted by Gasteiger charge is 2.13. The van der Waals surface area contributed by atoms with Crippen molar-refractivity contribution in [3.05, 3.63) is 34.9 Å². The molecular formula is C14H16ClNO3. The van der Waals surface area contributed by atoms with E-state index in [0.717, 1.165) is 5.56 Å². The Kier molecular flexibility index (Phi) is 6.98. The second-order valence-corrected chi connectivity index (χ2v) is 4.30. The molecule has 19 heavy (non-hydrogen) atoms. The number of carbonyl (C=O) groups is 1. The molecule has 0 fully saturated rings. The summed E-state index contributed by atoms with van der Waals surface area (Å²) in [6.45, 7) is 0.265. The summed E-state index contributed by atoms with van der Waals surface area (Å²) in [5, 5.41) is 12.6. The second kappa shape index (κ2) is 8.54. The van der Waals surface area contributed by atoms with Crippen LogP contribution >= 0.6 is 11.6 Å². The molecule has 1 aromatic rings. The quantitative estimate of drug-likeness (QED) is 0.589. The Balaban J connectivity index is 2.46. The van der Waals surface area contributed by atoms with Gasteiger partial charge in [0.1, 0.15) is 6.61 Å². The first kappa shape index (κ1) is 15.5. The van der Waals surface area contributed by atoms with E-state index >= 15 is 0 Å². The third-order valence-electron chi connectivity index (χ3n) is 2.45. The van der Waals surface area contributed by atoms with Crippen LogP contribution in [0.25, 0.3) is 0 Å². The van der Waals surface area contributed by atoms with Crippen LogP contribution in [0.1, 0.15) is 18.0 Å². The van der Waals surface area contributed by atoms with Crippen LogP contribution in [0.3, 0.4) is 0 Å². The van der Waals surface area contributed by atoms with E-state index in [2.05, 4.69) is 11.2 Å². The zero-order valence-corrected chi connectivity index (χ0v) is 11.2. The Labute approximate surface area is 117 Å². The summed E-state index contributed by atoms with van der Waals surface area (Å²) in [6, 6.07) is 6.50. The van der Waals surface area contributed by atoms with Gasteiger partial charge in [-0.3, -0.25) is 4.79 Å². The maximum absolute atomic E-state index is 11.6. The van der Waals surface area contributed by atoms with Gasteiger partial charge in [-0.15, -0.1) is 6.42 Å². The molecule has 5 heteroatoms. The van der Waals surface area contributed by atoms with Gasteiger partial charge in [0.2, 0.25) is 5.91 Å². The lowest BCUT2D eigenvalue weighted by Gasteiger charge is -2.16. The van der Waals surface area contributed by atoms with E-state index in [4.69, 9.17) is 22.8 Å². The van der Waals surface area contributed by atoms with Gasteiger partial charge in [0, 0.05) is 5.02 Å². The maximum Gasteiger partial charge on any atom is 0.222 e. The van der Waals surface area contributed by atoms with Gasteiger partial charge in [0.15, 0.2) is 0 Å². The van der Waals surface area contributed by atoms with Gasteiger partial charge in [-0.2, -0.15) is 0 Å². The number of terminal acetylenes is 1. The molecule has 0 aliphatic heterocycles. The number of ether oxygens (including phenoxy) is 1. The topological polar surface area (TPSA) is 58.6 Å². The predicted octanol–water partition coefficient (Wildman–Crippen LogP) is 1.53. The van der Waals surface area contributed by atoms with E-state index < -0.39 is 6.04 Å². The number of hydrogen-bond donors (Lipinski definition) is 2. The molecular weight excluding hydrogens is 266 g/mol. The minimum absolute atomic E-state index is 0.182. The maximum atomic E-state index is 11.6. The first-order valence-corrected chi connectivity index (χ1v) is 6.22. The van der Waals surface area contributed by atoms with Gasteiger partial charge in [-0.05, 0) is 17.7 Å². The van der Waals surface area contributed by atoms with Crippen molar-refractivity contribution in [2.45, 2.75) is 12.5 Å². The molecule has 1 unspecified atom stereocenters. The van der Waals surface area contributed by atoms with E-state index in [1.165, 1.54) is 0 Å². The summed E-state index contributed by atoms with van der Waals surface area (Å²) in [5.74, 6) is 2.12. The first-order valence-electron chi connectivity index (χ1n) is 5.84. The van der Waals surface area contributed by atoms with Gasteiger partial charge in [-0.1, -0.05) is 29.7 Å². The predicted molar refractivity (Wildman–Crippen MR) is 73.7 cm³/mol. The van der Waals surface area contributed by atoms with E-state index in [0.29, 0.717) is 5.02 Å². The fourth-order valence-electron chi connectivity index (χ4n) is 1.49. The molecule has 2 N–H and O–H groups in total. The zero-order valence-electron chi connectivity index (χ0n) is 10.4. The summed E-state index contributed by atoms with van der Waals surface area (Å²) >= 11 is 5.78. The van der Waals surface area contributed by atoms with Crippen molar-refractivity contribution >= 4 is 17.5 Å². The average Bonchev–Trinajstić information content (AvgIpc) is 2.42. The van der Waals surface area contributed by atoms with Gasteiger partial charge in [0.05, 0.1) is 25.7 Å². The molecule has 0 aliphatic carbocycles. The minimum atomic E-state index is -0.447. The van der Waals surface area contributed by atoms with E-state index in [1.807, 2.05) is 0 Å². The smallest absolute Gasteiger partial charge is 0.222 e. The Morgan fingerprint density at radius 1 is 1.47 bits per heavy atom. The van der Waals surface area contributed by atoms with Crippen LogP contribution in [-0.2, 0) is 9.53 Å². The molecule has 1 atom stereocenters. The van der Waals surface area contributed by atoms with Crippen molar-refractivity contribution in [1.29, 1.82) is 0 Å². The first-order chi connectivity index (χ1) is 9.17. The third-order valence-corrected chi connectivity index (χ3v) is 2.70. The van der Waals surface area contributed by atoms with Gasteiger partial charge < -0.3 is 15.2 Å². The summed E-state index contributed by atoms with van der Waals surface area (Å²) in [7, 11) is 0. The van der Waals surface area contributed by atoms with Crippen LogP contribution in [0.5, 0.6) is 0 Å². The molecule has 0 heterocycles. The molecule has 0 saturated heterocycles. The van der Waals surface area contributed by atoms with Crippen molar-refractivity contribution in [3.63, 3.8) is 0 Å². The lowest BCUT2D eigenvalue weighted by Crippen LogP contribution is -2.31. The van der Waals surface area contributed by atoms with E-state index in [-0.39, 0.29) is 32.1 Å². The Bertz CT molecular complexity index is 439. The molecule has 1 aromatic carbocycles. The van der Waals surface area contributed by atoms with Crippen LogP contribution in [-0.4, -0.2) is 30.8 Å². The monoisotopic (exact) mass is 281 g/mol. The number of rotatable bonds is 7. The van der Waals surface area contributed by atoms with Crippen LogP contribution in [0.2, 0.25) is 5.02 Å². The highest BCUT2D eigenvalue weighted by Crippen LogP contribution is 2.16. The van der Waals surface area contributed by atoms with E-state index in [9.17, 15) is 9.90 Å². The number of nitrogens with one attached hydrogen (secondary N) is 1. The number of amides is 1. The lowest BCUT2D eigenvalue weighted by atomic mass is 10.1. The molecule has 102 valence electrons. The largest absolute Gasteiger partial charge is 0.394 e. The molecule has 1 amide bonds. The minimum Gasteiger partial charge on any atom is -0.394 e. The number of hydrogen-bond acceptors (Lipinski definition) is 3. The van der Waals surface area contributed by atoms with Gasteiger partial charge >= 0.3 is 0 Å². The highest BCUT2D eigenvalue weighted by molar-refractivity contribution is 6.30. The van der Waals surface area contributed by atoms with Gasteiger partial charge in [0.25, 0.3) is 0 Å². The van der Waals surface area contributed by atoms with Crippen LogP contribution in [0.15, 0.2) is 24.3 Å². The van der Waals surface area contributed by atoms with Crippen molar-refractivity contribution < 1.29 is 14.6 Å². The van der Waals surface area contributed by atoms with Crippen molar-refractivity contribution in [2.24, 2.45) is 0 Å². The molecule has 1 rings (SSSR count). The molecule has 0 bridgehead atoms. The summed E-state index contributed by atoms with van der Waals surface area (Å²) in [6.07, 6.45) is 5.22. The Hall–Kier alpha value is -1.54. The second-order valence-electron chi connectivity index (χ2n) is 3.86. The number of aliphatic hydroxyl groups excluding tert-OH is 1. The van der Waals surface area contributed by atoms with Crippen LogP contribution in [0, 0.1) is 12.3 Å². The summed E-state index contributed by atoms with van der Waals surface area (Å²) in [5.41, 5.74) is 0.796. The molecule has 4 nitrogen and oxygen atoms in total. The SMILES string of the molecule is C#CCOCCC(=O)NC(CO)c1ccc(Cl)cc1. The molecule has 0 radical (unpaired) electrons. The third kappa shape index (κ3) is 5.75. The zero-order chi connectivity index (χ0) is 14.1. The lowest BCUT2D eigenvalue weighted by molar-refractivity contribution is -0.123. The number of aliphatic hydroxyl groups is 1. The molecule has 0 spiro atoms.